The maximum absolute atomic E-state index is 3.95. The van der Waals surface area contributed by atoms with Gasteiger partial charge in [0.05, 0.1) is 0 Å². The summed E-state index contributed by atoms with van der Waals surface area (Å²) in [6, 6.07) is 0. The van der Waals surface area contributed by atoms with Crippen LogP contribution in [-0.2, 0) is 0 Å². The van der Waals surface area contributed by atoms with Crippen molar-refractivity contribution in [1.29, 1.82) is 0 Å². The lowest BCUT2D eigenvalue weighted by Crippen LogP contribution is -1.86. The van der Waals surface area contributed by atoms with E-state index in [-0.39, 0.29) is 0 Å². The Bertz CT molecular complexity index is 92.2. The van der Waals surface area contributed by atoms with Crippen LogP contribution in [0.1, 0.15) is 32.6 Å². The van der Waals surface area contributed by atoms with Crippen LogP contribution >= 0.6 is 0 Å². The second-order valence-corrected chi connectivity index (χ2v) is 2.77. The number of hydrogen-bond donors (Lipinski definition) is 0. The molecule has 1 rings (SSSR count). The summed E-state index contributed by atoms with van der Waals surface area (Å²) < 4.78 is 0. The molecule has 46 valence electrons. The highest BCUT2D eigenvalue weighted by atomic mass is 14.2. The van der Waals surface area contributed by atoms with Crippen LogP contribution in [-0.4, -0.2) is 0 Å². The minimum atomic E-state index is 0.975. The van der Waals surface area contributed by atoms with Crippen molar-refractivity contribution >= 4 is 0 Å². The van der Waals surface area contributed by atoms with Gasteiger partial charge in [0.2, 0.25) is 0 Å². The summed E-state index contributed by atoms with van der Waals surface area (Å²) in [4.78, 5) is 0. The molecule has 0 amide bonds. The van der Waals surface area contributed by atoms with E-state index in [4.69, 9.17) is 0 Å². The van der Waals surface area contributed by atoms with Crippen molar-refractivity contribution in [3.8, 4) is 0 Å². The van der Waals surface area contributed by atoms with E-state index in [9.17, 15) is 0 Å². The molecule has 0 aliphatic heterocycles. The maximum atomic E-state index is 3.95. The van der Waals surface area contributed by atoms with Gasteiger partial charge in [0.25, 0.3) is 0 Å². The Morgan fingerprint density at radius 1 is 1.75 bits per heavy atom. The molecular weight excluding hydrogens is 96.1 g/mol. The van der Waals surface area contributed by atoms with E-state index in [0.717, 1.165) is 5.92 Å². The highest BCUT2D eigenvalue weighted by molar-refractivity contribution is 5.01. The topological polar surface area (TPSA) is 0 Å². The number of hydrogen-bond acceptors (Lipinski definition) is 0. The van der Waals surface area contributed by atoms with Crippen LogP contribution in [0.2, 0.25) is 0 Å². The predicted molar refractivity (Wildman–Crippen MR) is 36.8 cm³/mol. The molecule has 0 aromatic rings. The number of rotatable bonds is 1. The first kappa shape index (κ1) is 5.87. The Kier molecular flexibility index (Phi) is 1.72. The van der Waals surface area contributed by atoms with Crippen LogP contribution in [0, 0.1) is 5.92 Å². The molecule has 0 N–H and O–H groups in total. The molecule has 0 aromatic carbocycles. The molecule has 1 aliphatic rings. The quantitative estimate of drug-likeness (QED) is 0.455. The first-order valence-corrected chi connectivity index (χ1v) is 3.49. The summed E-state index contributed by atoms with van der Waals surface area (Å²) in [5, 5.41) is 0. The Labute approximate surface area is 51.6 Å². The Balaban J connectivity index is 2.32. The van der Waals surface area contributed by atoms with Gasteiger partial charge in [-0.05, 0) is 25.2 Å². The van der Waals surface area contributed by atoms with Gasteiger partial charge in [0.15, 0.2) is 0 Å². The van der Waals surface area contributed by atoms with Crippen LogP contribution in [0.3, 0.4) is 0 Å². The van der Waals surface area contributed by atoms with Gasteiger partial charge in [0.1, 0.15) is 0 Å². The lowest BCUT2D eigenvalue weighted by Gasteiger charge is -1.99. The highest BCUT2D eigenvalue weighted by Gasteiger charge is 2.14. The van der Waals surface area contributed by atoms with Gasteiger partial charge >= 0.3 is 0 Å². The molecule has 0 bridgehead atoms. The van der Waals surface area contributed by atoms with Crippen molar-refractivity contribution in [2.45, 2.75) is 32.6 Å². The largest absolute Gasteiger partial charge is 0.0999 e. The van der Waals surface area contributed by atoms with Crippen LogP contribution in [0.15, 0.2) is 12.2 Å². The summed E-state index contributed by atoms with van der Waals surface area (Å²) in [7, 11) is 0. The van der Waals surface area contributed by atoms with E-state index >= 15 is 0 Å². The van der Waals surface area contributed by atoms with Crippen molar-refractivity contribution in [2.75, 3.05) is 0 Å². The van der Waals surface area contributed by atoms with Gasteiger partial charge in [-0.2, -0.15) is 0 Å². The fourth-order valence-electron chi connectivity index (χ4n) is 1.37. The molecule has 0 radical (unpaired) electrons. The molecule has 1 fully saturated rings. The van der Waals surface area contributed by atoms with Crippen molar-refractivity contribution in [1.82, 2.24) is 0 Å². The standard InChI is InChI=1S/C8H14/c1-3-8-5-4-7(2)6-8/h8H,2-6H2,1H3/t8-/m1/s1. The fraction of sp³-hybridized carbons (Fsp3) is 0.750. The third-order valence-corrected chi connectivity index (χ3v) is 2.06. The average molecular weight is 110 g/mol. The van der Waals surface area contributed by atoms with Gasteiger partial charge < -0.3 is 0 Å². The zero-order valence-corrected chi connectivity index (χ0v) is 5.61. The predicted octanol–water partition coefficient (Wildman–Crippen LogP) is 2.75. The third-order valence-electron chi connectivity index (χ3n) is 2.06. The molecule has 0 saturated heterocycles. The first-order valence-electron chi connectivity index (χ1n) is 3.49. The van der Waals surface area contributed by atoms with Crippen molar-refractivity contribution < 1.29 is 0 Å². The fourth-order valence-corrected chi connectivity index (χ4v) is 1.37. The summed E-state index contributed by atoms with van der Waals surface area (Å²) in [6.45, 7) is 6.22. The second kappa shape index (κ2) is 2.34. The highest BCUT2D eigenvalue weighted by Crippen LogP contribution is 2.30. The normalized spacial score (nSPS) is 29.1. The molecule has 0 heteroatoms. The van der Waals surface area contributed by atoms with E-state index < -0.39 is 0 Å². The average Bonchev–Trinajstić information content (AvgIpc) is 2.14. The van der Waals surface area contributed by atoms with Crippen LogP contribution in [0.4, 0.5) is 0 Å². The molecule has 1 atom stereocenters. The zero-order chi connectivity index (χ0) is 5.98. The number of allylic oxidation sites excluding steroid dienone is 1. The van der Waals surface area contributed by atoms with Crippen molar-refractivity contribution in [2.24, 2.45) is 5.92 Å². The van der Waals surface area contributed by atoms with E-state index in [2.05, 4.69) is 13.5 Å². The zero-order valence-electron chi connectivity index (χ0n) is 5.61. The monoisotopic (exact) mass is 110 g/mol. The lowest BCUT2D eigenvalue weighted by molar-refractivity contribution is 0.538. The Morgan fingerprint density at radius 2 is 2.50 bits per heavy atom. The molecule has 0 nitrogen and oxygen atoms in total. The summed E-state index contributed by atoms with van der Waals surface area (Å²) in [5.74, 6) is 0.975. The van der Waals surface area contributed by atoms with Crippen LogP contribution < -0.4 is 0 Å². The molecular formula is C8H14. The molecule has 0 heterocycles. The third kappa shape index (κ3) is 1.12. The minimum absolute atomic E-state index is 0.975. The van der Waals surface area contributed by atoms with Gasteiger partial charge in [-0.25, -0.2) is 0 Å². The molecule has 8 heavy (non-hydrogen) atoms. The van der Waals surface area contributed by atoms with E-state index in [1.165, 1.54) is 31.3 Å². The van der Waals surface area contributed by atoms with Gasteiger partial charge in [-0.3, -0.25) is 0 Å². The Morgan fingerprint density at radius 3 is 2.75 bits per heavy atom. The molecule has 0 unspecified atom stereocenters. The molecule has 1 aliphatic carbocycles. The van der Waals surface area contributed by atoms with Crippen LogP contribution in [0.5, 0.6) is 0 Å². The smallest absolute Gasteiger partial charge is 0.0294 e. The summed E-state index contributed by atoms with van der Waals surface area (Å²) >= 11 is 0. The second-order valence-electron chi connectivity index (χ2n) is 2.77. The summed E-state index contributed by atoms with van der Waals surface area (Å²) in [5.41, 5.74) is 1.47. The van der Waals surface area contributed by atoms with Gasteiger partial charge in [-0.15, -0.1) is 0 Å². The SMILES string of the molecule is C=C1CC[C@@H](CC)C1. The van der Waals surface area contributed by atoms with Crippen molar-refractivity contribution in [3.05, 3.63) is 12.2 Å². The Hall–Kier alpha value is -0.260. The van der Waals surface area contributed by atoms with E-state index in [1.54, 1.807) is 0 Å². The van der Waals surface area contributed by atoms with Gasteiger partial charge in [0, 0.05) is 0 Å². The minimum Gasteiger partial charge on any atom is -0.0999 e. The molecule has 0 spiro atoms. The molecule has 0 aromatic heterocycles. The maximum Gasteiger partial charge on any atom is -0.0294 e. The van der Waals surface area contributed by atoms with Crippen molar-refractivity contribution in [3.63, 3.8) is 0 Å². The lowest BCUT2D eigenvalue weighted by atomic mass is 10.1. The van der Waals surface area contributed by atoms with Crippen LogP contribution in [0.25, 0.3) is 0 Å². The first-order chi connectivity index (χ1) is 3.83. The molecule has 1 saturated carbocycles. The van der Waals surface area contributed by atoms with E-state index in [1.807, 2.05) is 0 Å². The van der Waals surface area contributed by atoms with Gasteiger partial charge in [-0.1, -0.05) is 25.5 Å². The summed E-state index contributed by atoms with van der Waals surface area (Å²) in [6.07, 6.45) is 5.34. The van der Waals surface area contributed by atoms with E-state index in [0.29, 0.717) is 0 Å².